The lowest BCUT2D eigenvalue weighted by atomic mass is 9.80. The van der Waals surface area contributed by atoms with Crippen LogP contribution in [0.5, 0.6) is 0 Å². The summed E-state index contributed by atoms with van der Waals surface area (Å²) in [6.07, 6.45) is -3.96. The molecule has 1 saturated heterocycles. The number of likely N-dealkylation sites (N-methyl/N-ethyl adjacent to an activating group) is 1. The van der Waals surface area contributed by atoms with Gasteiger partial charge in [0.2, 0.25) is 0 Å². The number of nitrogens with zero attached hydrogens (tertiary/aromatic N) is 5. The lowest BCUT2D eigenvalue weighted by molar-refractivity contribution is -0.137. The Bertz CT molecular complexity index is 1840. The summed E-state index contributed by atoms with van der Waals surface area (Å²) in [6, 6.07) is 8.62. The lowest BCUT2D eigenvalue weighted by Gasteiger charge is -2.39. The van der Waals surface area contributed by atoms with Gasteiger partial charge in [0.1, 0.15) is 29.6 Å². The number of aromatic nitrogens is 2. The van der Waals surface area contributed by atoms with E-state index in [4.69, 9.17) is 9.84 Å². The fourth-order valence-corrected chi connectivity index (χ4v) is 6.50. The highest BCUT2D eigenvalue weighted by atomic mass is 19.4. The van der Waals surface area contributed by atoms with E-state index in [0.717, 1.165) is 29.2 Å². The molecule has 10 nitrogen and oxygen atoms in total. The predicted molar refractivity (Wildman–Crippen MR) is 160 cm³/mol. The summed E-state index contributed by atoms with van der Waals surface area (Å²) in [6.45, 7) is 2.32. The summed E-state index contributed by atoms with van der Waals surface area (Å²) in [5.41, 5.74) is -1.66. The fraction of sp³-hybridized carbons (Fsp3) is 0.364. The molecule has 3 aromatic rings. The molecule has 0 saturated carbocycles. The number of hydrogen-bond donors (Lipinski definition) is 1. The third-order valence-corrected chi connectivity index (χ3v) is 8.81. The molecule has 3 amide bonds. The van der Waals surface area contributed by atoms with Gasteiger partial charge in [0.15, 0.2) is 11.4 Å². The van der Waals surface area contributed by atoms with Crippen molar-refractivity contribution in [2.24, 2.45) is 0 Å². The minimum atomic E-state index is -4.73. The van der Waals surface area contributed by atoms with Crippen LogP contribution in [0.2, 0.25) is 0 Å². The van der Waals surface area contributed by atoms with E-state index < -0.39 is 58.8 Å². The van der Waals surface area contributed by atoms with Crippen LogP contribution in [0.3, 0.4) is 0 Å². The second kappa shape index (κ2) is 12.8. The first-order valence-corrected chi connectivity index (χ1v) is 15.3. The van der Waals surface area contributed by atoms with Gasteiger partial charge in [-0.3, -0.25) is 24.2 Å². The van der Waals surface area contributed by atoms with Gasteiger partial charge in [-0.1, -0.05) is 18.2 Å². The van der Waals surface area contributed by atoms with Crippen LogP contribution in [0.25, 0.3) is 0 Å². The van der Waals surface area contributed by atoms with E-state index in [1.54, 1.807) is 17.7 Å². The maximum absolute atomic E-state index is 14.6. The highest BCUT2D eigenvalue weighted by Gasteiger charge is 2.49. The van der Waals surface area contributed by atoms with E-state index >= 15 is 0 Å². The van der Waals surface area contributed by atoms with Crippen molar-refractivity contribution in [2.45, 2.75) is 50.4 Å². The topological polar surface area (TPSA) is 121 Å². The molecule has 2 aromatic carbocycles. The van der Waals surface area contributed by atoms with Crippen molar-refractivity contribution in [1.82, 2.24) is 20.0 Å². The van der Waals surface area contributed by atoms with Gasteiger partial charge in [-0.15, -0.1) is 0 Å². The number of halogens is 5. The van der Waals surface area contributed by atoms with Gasteiger partial charge in [0, 0.05) is 49.8 Å². The highest BCUT2D eigenvalue weighted by molar-refractivity contribution is 6.07. The van der Waals surface area contributed by atoms with Crippen LogP contribution in [-0.4, -0.2) is 64.7 Å². The third-order valence-electron chi connectivity index (χ3n) is 8.81. The van der Waals surface area contributed by atoms with Gasteiger partial charge in [-0.2, -0.15) is 23.5 Å². The summed E-state index contributed by atoms with van der Waals surface area (Å²) in [4.78, 5) is 44.5. The molecule has 0 radical (unpaired) electrons. The quantitative estimate of drug-likeness (QED) is 0.359. The van der Waals surface area contributed by atoms with E-state index in [0.29, 0.717) is 37.7 Å². The fourth-order valence-electron chi connectivity index (χ4n) is 6.50. The molecular weight excluding hydrogens is 639 g/mol. The minimum Gasteiger partial charge on any atom is -0.381 e. The second-order valence-corrected chi connectivity index (χ2v) is 11.6. The van der Waals surface area contributed by atoms with Crippen LogP contribution >= 0.6 is 0 Å². The number of benzene rings is 2. The maximum atomic E-state index is 14.6. The summed E-state index contributed by atoms with van der Waals surface area (Å²) in [5, 5.41) is 16.9. The van der Waals surface area contributed by atoms with Gasteiger partial charge >= 0.3 is 6.18 Å². The number of rotatable bonds is 6. The molecule has 0 aliphatic carbocycles. The number of nitrogens with one attached hydrogen (secondary N) is 1. The van der Waals surface area contributed by atoms with Crippen molar-refractivity contribution < 1.29 is 41.1 Å². The highest BCUT2D eigenvalue weighted by Crippen LogP contribution is 2.45. The Labute approximate surface area is 271 Å². The normalized spacial score (nSPS) is 20.1. The number of hydrogen-bond acceptors (Lipinski definition) is 6. The van der Waals surface area contributed by atoms with Crippen molar-refractivity contribution in [3.63, 3.8) is 0 Å². The Morgan fingerprint density at radius 2 is 1.81 bits per heavy atom. The smallest absolute Gasteiger partial charge is 0.381 e. The van der Waals surface area contributed by atoms with Crippen molar-refractivity contribution in [3.8, 4) is 6.07 Å². The first kappa shape index (κ1) is 32.8. The van der Waals surface area contributed by atoms with E-state index in [1.165, 1.54) is 23.1 Å². The molecule has 1 N–H and O–H groups in total. The Hall–Kier alpha value is -5.10. The average Bonchev–Trinajstić information content (AvgIpc) is 3.66. The number of carbonyl (C=O) groups excluding carboxylic acids is 3. The number of allylic oxidation sites excluding steroid dienone is 1. The summed E-state index contributed by atoms with van der Waals surface area (Å²) in [5.74, 6) is -4.79. The van der Waals surface area contributed by atoms with E-state index in [9.17, 15) is 41.6 Å². The largest absolute Gasteiger partial charge is 0.416 e. The van der Waals surface area contributed by atoms with E-state index in [1.807, 2.05) is 0 Å². The third kappa shape index (κ3) is 5.81. The molecule has 6 rings (SSSR count). The number of nitriles is 1. The van der Waals surface area contributed by atoms with Crippen LogP contribution in [-0.2, 0) is 15.7 Å². The summed E-state index contributed by atoms with van der Waals surface area (Å²) in [7, 11) is 0. The first-order chi connectivity index (χ1) is 22.9. The molecule has 1 aromatic heterocycles. The van der Waals surface area contributed by atoms with E-state index in [-0.39, 0.29) is 48.2 Å². The van der Waals surface area contributed by atoms with Crippen LogP contribution in [0.1, 0.15) is 75.7 Å². The van der Waals surface area contributed by atoms with Gasteiger partial charge in [-0.05, 0) is 55.7 Å². The number of carbonyl (C=O) groups is 3. The summed E-state index contributed by atoms with van der Waals surface area (Å²) >= 11 is 0. The van der Waals surface area contributed by atoms with E-state index in [2.05, 4.69) is 5.32 Å². The van der Waals surface area contributed by atoms with Crippen LogP contribution < -0.4 is 10.2 Å². The molecule has 3 aliphatic heterocycles. The van der Waals surface area contributed by atoms with Crippen LogP contribution in [0.15, 0.2) is 60.1 Å². The molecule has 4 heterocycles. The zero-order valence-corrected chi connectivity index (χ0v) is 25.6. The van der Waals surface area contributed by atoms with Crippen molar-refractivity contribution >= 4 is 23.5 Å². The second-order valence-electron chi connectivity index (χ2n) is 11.6. The van der Waals surface area contributed by atoms with Gasteiger partial charge in [0.05, 0.1) is 11.6 Å². The first-order valence-electron chi connectivity index (χ1n) is 15.3. The van der Waals surface area contributed by atoms with Crippen molar-refractivity contribution in [2.75, 3.05) is 31.2 Å². The van der Waals surface area contributed by atoms with Crippen molar-refractivity contribution in [3.05, 3.63) is 93.8 Å². The molecule has 0 bridgehead atoms. The Morgan fingerprint density at radius 3 is 2.46 bits per heavy atom. The van der Waals surface area contributed by atoms with Crippen LogP contribution in [0.4, 0.5) is 27.8 Å². The Morgan fingerprint density at radius 1 is 1.10 bits per heavy atom. The maximum Gasteiger partial charge on any atom is 0.416 e. The number of fused-ring (bicyclic) bond motifs is 1. The Balaban J connectivity index is 1.55. The molecule has 250 valence electrons. The number of ether oxygens (including phenoxy) is 1. The average molecular weight is 669 g/mol. The molecule has 2 atom stereocenters. The zero-order chi connectivity index (χ0) is 34.3. The van der Waals surface area contributed by atoms with Crippen LogP contribution in [0, 0.1) is 17.1 Å². The minimum absolute atomic E-state index is 0.0438. The molecule has 1 fully saturated rings. The number of alkyl halides is 3. The molecule has 15 heteroatoms. The van der Waals surface area contributed by atoms with Gasteiger partial charge in [0.25, 0.3) is 17.7 Å². The van der Waals surface area contributed by atoms with Gasteiger partial charge in [-0.25, -0.2) is 13.5 Å². The predicted octanol–water partition coefficient (Wildman–Crippen LogP) is 5.24. The monoisotopic (exact) mass is 668 g/mol. The van der Waals surface area contributed by atoms with Crippen molar-refractivity contribution in [1.29, 1.82) is 5.26 Å². The molecular formula is C33H29F5N6O4. The standard InChI is InChI=1S/C33H29F5N6O4/c1-2-42-30-26(28(41-44(30)22-11-14-48-15-12-22)32(47)43-13-10-23(35)24(43)17-39)25(18-6-8-21(34)9-7-18)27(31(42)46)40-29(45)19-4-3-5-20(16-19)33(36,37)38/h3-9,16,22,25,27H,2,10-15H2,1H3,(H,40,45)/t25-,27-/m0/s1. The summed E-state index contributed by atoms with van der Waals surface area (Å²) < 4.78 is 76.3. The van der Waals surface area contributed by atoms with Gasteiger partial charge < -0.3 is 10.1 Å². The number of amides is 3. The molecule has 48 heavy (non-hydrogen) atoms. The SMILES string of the molecule is CCN1C(=O)[C@@H](NC(=O)c2cccc(C(F)(F)F)c2)[C@@H](c2ccc(F)cc2)c2c(C(=O)N3CCC(F)=C3C#N)nn(C3CCOCC3)c21. The Kier molecular flexibility index (Phi) is 8.78. The molecule has 0 spiro atoms. The number of anilines is 1. The molecule has 3 aliphatic rings. The zero-order valence-electron chi connectivity index (χ0n) is 25.6. The molecule has 0 unspecified atom stereocenters. The lowest BCUT2D eigenvalue weighted by Crippen LogP contribution is -2.56.